The van der Waals surface area contributed by atoms with Gasteiger partial charge in [0.15, 0.2) is 11.5 Å². The van der Waals surface area contributed by atoms with Crippen molar-refractivity contribution in [2.75, 3.05) is 19.4 Å². The number of nitrogens with zero attached hydrogens (tertiary/aromatic N) is 4. The zero-order chi connectivity index (χ0) is 19.7. The fourth-order valence-electron chi connectivity index (χ4n) is 5.00. The summed E-state index contributed by atoms with van der Waals surface area (Å²) in [5.74, 6) is 1.70. The van der Waals surface area contributed by atoms with Gasteiger partial charge in [-0.15, -0.1) is 5.10 Å². The van der Waals surface area contributed by atoms with Crippen LogP contribution in [-0.2, 0) is 6.42 Å². The molecule has 3 aliphatic rings. The summed E-state index contributed by atoms with van der Waals surface area (Å²) in [5, 5.41) is 19.4. The molecule has 2 heterocycles. The SMILES string of the molecule is COc1cccc2c1nc(N)n1nc(CCNC34CC(C(C)(C)O)(C3)C4)nc21. The van der Waals surface area contributed by atoms with E-state index in [1.165, 1.54) is 0 Å². The van der Waals surface area contributed by atoms with Crippen LogP contribution in [0.5, 0.6) is 5.75 Å². The average molecular weight is 382 g/mol. The molecule has 28 heavy (non-hydrogen) atoms. The monoisotopic (exact) mass is 382 g/mol. The second kappa shape index (κ2) is 5.55. The molecule has 0 spiro atoms. The normalized spacial score (nSPS) is 26.3. The van der Waals surface area contributed by atoms with Gasteiger partial charge in [0.2, 0.25) is 5.95 Å². The average Bonchev–Trinajstić information content (AvgIpc) is 2.99. The van der Waals surface area contributed by atoms with Crippen LogP contribution in [0.3, 0.4) is 0 Å². The number of aromatic nitrogens is 4. The third-order valence-electron chi connectivity index (χ3n) is 6.73. The van der Waals surface area contributed by atoms with Gasteiger partial charge < -0.3 is 20.9 Å². The Balaban J connectivity index is 1.33. The van der Waals surface area contributed by atoms with Gasteiger partial charge in [-0.25, -0.2) is 9.97 Å². The summed E-state index contributed by atoms with van der Waals surface area (Å²) in [5.41, 5.74) is 7.21. The van der Waals surface area contributed by atoms with Gasteiger partial charge in [0.25, 0.3) is 0 Å². The number of methoxy groups -OCH3 is 1. The quantitative estimate of drug-likeness (QED) is 0.595. The minimum atomic E-state index is -0.591. The molecule has 3 aromatic rings. The summed E-state index contributed by atoms with van der Waals surface area (Å²) in [6.45, 7) is 4.65. The molecule has 0 amide bonds. The zero-order valence-corrected chi connectivity index (χ0v) is 16.5. The maximum absolute atomic E-state index is 10.3. The topological polar surface area (TPSA) is 111 Å². The first-order chi connectivity index (χ1) is 13.3. The molecule has 1 aromatic carbocycles. The van der Waals surface area contributed by atoms with Crippen LogP contribution in [0.2, 0.25) is 0 Å². The van der Waals surface area contributed by atoms with Crippen molar-refractivity contribution in [3.8, 4) is 5.75 Å². The number of aliphatic hydroxyl groups is 1. The molecule has 2 aromatic heterocycles. The molecule has 3 aliphatic carbocycles. The van der Waals surface area contributed by atoms with Gasteiger partial charge in [-0.2, -0.15) is 4.52 Å². The van der Waals surface area contributed by atoms with Crippen LogP contribution in [0.15, 0.2) is 18.2 Å². The van der Waals surface area contributed by atoms with E-state index >= 15 is 0 Å². The lowest BCUT2D eigenvalue weighted by Crippen LogP contribution is -2.79. The van der Waals surface area contributed by atoms with E-state index in [0.29, 0.717) is 29.3 Å². The van der Waals surface area contributed by atoms with Gasteiger partial charge in [0.1, 0.15) is 11.3 Å². The van der Waals surface area contributed by atoms with Gasteiger partial charge in [-0.1, -0.05) is 6.07 Å². The Labute approximate surface area is 163 Å². The van der Waals surface area contributed by atoms with Crippen molar-refractivity contribution >= 4 is 22.5 Å². The number of fused-ring (bicyclic) bond motifs is 3. The predicted octanol–water partition coefficient (Wildman–Crippen LogP) is 1.69. The summed E-state index contributed by atoms with van der Waals surface area (Å²) in [7, 11) is 1.62. The van der Waals surface area contributed by atoms with Crippen LogP contribution in [-0.4, -0.2) is 49.5 Å². The van der Waals surface area contributed by atoms with Crippen molar-refractivity contribution in [3.63, 3.8) is 0 Å². The fourth-order valence-corrected chi connectivity index (χ4v) is 5.00. The predicted molar refractivity (Wildman–Crippen MR) is 106 cm³/mol. The van der Waals surface area contributed by atoms with E-state index in [4.69, 9.17) is 15.5 Å². The molecule has 2 bridgehead atoms. The highest BCUT2D eigenvalue weighted by atomic mass is 16.5. The van der Waals surface area contributed by atoms with Crippen molar-refractivity contribution < 1.29 is 9.84 Å². The molecule has 4 N–H and O–H groups in total. The van der Waals surface area contributed by atoms with Gasteiger partial charge >= 0.3 is 0 Å². The van der Waals surface area contributed by atoms with Crippen LogP contribution in [0.1, 0.15) is 38.9 Å². The molecular formula is C20H26N6O2. The van der Waals surface area contributed by atoms with E-state index in [1.807, 2.05) is 32.0 Å². The minimum Gasteiger partial charge on any atom is -0.494 e. The van der Waals surface area contributed by atoms with E-state index in [1.54, 1.807) is 11.6 Å². The number of ether oxygens (including phenoxy) is 1. The summed E-state index contributed by atoms with van der Waals surface area (Å²) in [6.07, 6.45) is 3.85. The first kappa shape index (κ1) is 17.6. The molecule has 3 fully saturated rings. The molecule has 6 rings (SSSR count). The lowest BCUT2D eigenvalue weighted by atomic mass is 9.35. The molecular weight excluding hydrogens is 356 g/mol. The van der Waals surface area contributed by atoms with Crippen molar-refractivity contribution in [1.29, 1.82) is 0 Å². The molecule has 8 heteroatoms. The first-order valence-electron chi connectivity index (χ1n) is 9.71. The Morgan fingerprint density at radius 1 is 1.29 bits per heavy atom. The number of para-hydroxylation sites is 1. The highest BCUT2D eigenvalue weighted by molar-refractivity contribution is 5.95. The number of benzene rings is 1. The second-order valence-electron chi connectivity index (χ2n) is 8.92. The van der Waals surface area contributed by atoms with Crippen LogP contribution in [0, 0.1) is 5.41 Å². The molecule has 8 nitrogen and oxygen atoms in total. The van der Waals surface area contributed by atoms with Crippen LogP contribution in [0.4, 0.5) is 5.95 Å². The third kappa shape index (κ3) is 2.34. The number of hydrogen-bond acceptors (Lipinski definition) is 7. The Bertz CT molecular complexity index is 1060. The van der Waals surface area contributed by atoms with Crippen LogP contribution >= 0.6 is 0 Å². The Morgan fingerprint density at radius 3 is 2.71 bits per heavy atom. The van der Waals surface area contributed by atoms with E-state index < -0.39 is 5.60 Å². The fraction of sp³-hybridized carbons (Fsp3) is 0.550. The molecule has 0 unspecified atom stereocenters. The van der Waals surface area contributed by atoms with Crippen molar-refractivity contribution in [3.05, 3.63) is 24.0 Å². The summed E-state index contributed by atoms with van der Waals surface area (Å²) in [6, 6.07) is 5.72. The van der Waals surface area contributed by atoms with E-state index in [0.717, 1.165) is 37.0 Å². The summed E-state index contributed by atoms with van der Waals surface area (Å²) in [4.78, 5) is 9.14. The molecule has 0 aliphatic heterocycles. The Hall–Kier alpha value is -2.45. The number of anilines is 1. The smallest absolute Gasteiger partial charge is 0.223 e. The van der Waals surface area contributed by atoms with E-state index in [-0.39, 0.29) is 11.0 Å². The second-order valence-corrected chi connectivity index (χ2v) is 8.92. The van der Waals surface area contributed by atoms with Crippen LogP contribution in [0.25, 0.3) is 16.6 Å². The minimum absolute atomic E-state index is 0.111. The van der Waals surface area contributed by atoms with Crippen molar-refractivity contribution in [1.82, 2.24) is 24.9 Å². The third-order valence-corrected chi connectivity index (χ3v) is 6.73. The Morgan fingerprint density at radius 2 is 2.04 bits per heavy atom. The molecule has 0 radical (unpaired) electrons. The number of hydrogen-bond donors (Lipinski definition) is 3. The maximum Gasteiger partial charge on any atom is 0.223 e. The maximum atomic E-state index is 10.3. The lowest BCUT2D eigenvalue weighted by molar-refractivity contribution is -0.251. The molecule has 148 valence electrons. The number of nitrogens with one attached hydrogen (secondary N) is 1. The summed E-state index contributed by atoms with van der Waals surface area (Å²) < 4.78 is 6.99. The highest BCUT2D eigenvalue weighted by Gasteiger charge is 2.72. The van der Waals surface area contributed by atoms with Crippen molar-refractivity contribution in [2.45, 2.75) is 50.7 Å². The Kier molecular flexibility index (Phi) is 3.49. The first-order valence-corrected chi connectivity index (χ1v) is 9.71. The number of nitrogens with two attached hydrogens (primary N) is 1. The largest absolute Gasteiger partial charge is 0.494 e. The molecule has 3 saturated carbocycles. The molecule has 0 atom stereocenters. The van der Waals surface area contributed by atoms with Gasteiger partial charge in [-0.3, -0.25) is 0 Å². The van der Waals surface area contributed by atoms with Crippen molar-refractivity contribution in [2.24, 2.45) is 5.41 Å². The number of rotatable bonds is 6. The van der Waals surface area contributed by atoms with Crippen LogP contribution < -0.4 is 15.8 Å². The lowest BCUT2D eigenvalue weighted by Gasteiger charge is -2.75. The van der Waals surface area contributed by atoms with E-state index in [9.17, 15) is 5.11 Å². The van der Waals surface area contributed by atoms with E-state index in [2.05, 4.69) is 15.4 Å². The van der Waals surface area contributed by atoms with Gasteiger partial charge in [-0.05, 0) is 45.2 Å². The van der Waals surface area contributed by atoms with Gasteiger partial charge in [0.05, 0.1) is 12.7 Å². The number of nitrogen functional groups attached to an aromatic ring is 1. The highest BCUT2D eigenvalue weighted by Crippen LogP contribution is 2.71. The summed E-state index contributed by atoms with van der Waals surface area (Å²) >= 11 is 0. The standard InChI is InChI=1S/C20H26N6O2/c1-18(2,27)19-9-20(10-19,11-19)22-8-7-14-23-16-12-5-4-6-13(28-3)15(12)24-17(21)26(16)25-14/h4-6,22,27H,7-11H2,1-3H3,(H2,21,24). The van der Waals surface area contributed by atoms with Gasteiger partial charge in [0, 0.05) is 29.3 Å². The molecule has 0 saturated heterocycles. The zero-order valence-electron chi connectivity index (χ0n) is 16.5.